The molecule has 1 aromatic heterocycles. The van der Waals surface area contributed by atoms with E-state index in [0.717, 1.165) is 17.1 Å². The molecule has 0 fully saturated rings. The van der Waals surface area contributed by atoms with E-state index in [0.29, 0.717) is 0 Å². The summed E-state index contributed by atoms with van der Waals surface area (Å²) in [5.74, 6) is 0. The molecule has 0 amide bonds. The summed E-state index contributed by atoms with van der Waals surface area (Å²) < 4.78 is 2.42. The van der Waals surface area contributed by atoms with E-state index < -0.39 is 0 Å². The van der Waals surface area contributed by atoms with E-state index in [1.165, 1.54) is 72.0 Å². The normalized spacial score (nSPS) is 11.3. The van der Waals surface area contributed by atoms with Crippen LogP contribution >= 0.6 is 0 Å². The van der Waals surface area contributed by atoms with Crippen LogP contribution in [-0.4, -0.2) is 4.57 Å². The third-order valence-electron chi connectivity index (χ3n) is 10.3. The standard InChI is InChI=1S/C50H38N2/c1-35-34-50(52-48-19-11-9-17-45(48)46-18-10-12-20-49(46)52)36(2)33-47(35)41-23-21-38(22-24-41)40-27-31-44(32-28-40)51(42-15-7-4-8-16-42)43-29-25-39(26-30-43)37-13-5-3-6-14-37/h3-34H,1-2H3. The van der Waals surface area contributed by atoms with Crippen LogP contribution in [0.4, 0.5) is 17.1 Å². The highest BCUT2D eigenvalue weighted by Gasteiger charge is 2.16. The van der Waals surface area contributed by atoms with E-state index in [1.54, 1.807) is 0 Å². The molecule has 248 valence electrons. The molecule has 2 nitrogen and oxygen atoms in total. The lowest BCUT2D eigenvalue weighted by Gasteiger charge is -2.26. The van der Waals surface area contributed by atoms with Gasteiger partial charge in [0.1, 0.15) is 0 Å². The molecule has 9 rings (SSSR count). The highest BCUT2D eigenvalue weighted by Crippen LogP contribution is 2.38. The van der Waals surface area contributed by atoms with Crippen LogP contribution in [0.5, 0.6) is 0 Å². The number of rotatable bonds is 7. The summed E-state index contributed by atoms with van der Waals surface area (Å²) in [4.78, 5) is 2.32. The van der Waals surface area contributed by atoms with Crippen LogP contribution in [0, 0.1) is 13.8 Å². The zero-order valence-corrected chi connectivity index (χ0v) is 29.4. The minimum Gasteiger partial charge on any atom is -0.311 e. The van der Waals surface area contributed by atoms with Crippen molar-refractivity contribution in [2.45, 2.75) is 13.8 Å². The van der Waals surface area contributed by atoms with Crippen LogP contribution in [0.1, 0.15) is 11.1 Å². The molecule has 0 unspecified atom stereocenters. The van der Waals surface area contributed by atoms with E-state index >= 15 is 0 Å². The van der Waals surface area contributed by atoms with Crippen LogP contribution in [0.15, 0.2) is 194 Å². The van der Waals surface area contributed by atoms with Crippen LogP contribution in [0.3, 0.4) is 0 Å². The third kappa shape index (κ3) is 5.65. The van der Waals surface area contributed by atoms with Crippen LogP contribution in [0.25, 0.3) is 60.9 Å². The Kier molecular flexibility index (Phi) is 7.98. The molecule has 0 aliphatic heterocycles. The first-order valence-corrected chi connectivity index (χ1v) is 17.9. The van der Waals surface area contributed by atoms with Crippen molar-refractivity contribution in [3.8, 4) is 39.1 Å². The maximum absolute atomic E-state index is 2.42. The van der Waals surface area contributed by atoms with E-state index in [2.05, 4.69) is 217 Å². The zero-order chi connectivity index (χ0) is 35.0. The van der Waals surface area contributed by atoms with Crippen molar-refractivity contribution in [2.75, 3.05) is 4.90 Å². The van der Waals surface area contributed by atoms with E-state index in [-0.39, 0.29) is 0 Å². The molecule has 0 saturated carbocycles. The number of para-hydroxylation sites is 3. The maximum atomic E-state index is 2.42. The largest absolute Gasteiger partial charge is 0.311 e. The molecule has 1 heterocycles. The summed E-state index contributed by atoms with van der Waals surface area (Å²) in [5, 5.41) is 2.57. The van der Waals surface area contributed by atoms with Gasteiger partial charge in [0.2, 0.25) is 0 Å². The number of benzene rings is 8. The Morgan fingerprint density at radius 1 is 0.346 bits per heavy atom. The van der Waals surface area contributed by atoms with E-state index in [9.17, 15) is 0 Å². The molecular weight excluding hydrogens is 629 g/mol. The van der Waals surface area contributed by atoms with E-state index in [4.69, 9.17) is 0 Å². The van der Waals surface area contributed by atoms with Gasteiger partial charge in [0.05, 0.1) is 11.0 Å². The average molecular weight is 667 g/mol. The van der Waals surface area contributed by atoms with Crippen molar-refractivity contribution in [3.63, 3.8) is 0 Å². The van der Waals surface area contributed by atoms with Gasteiger partial charge in [-0.1, -0.05) is 133 Å². The fourth-order valence-electron chi connectivity index (χ4n) is 7.64. The Labute approximate surface area is 305 Å². The summed E-state index contributed by atoms with van der Waals surface area (Å²) in [7, 11) is 0. The number of aromatic nitrogens is 1. The quantitative estimate of drug-likeness (QED) is 0.164. The smallest absolute Gasteiger partial charge is 0.0541 e. The SMILES string of the molecule is Cc1cc(-n2c3ccccc3c3ccccc32)c(C)cc1-c1ccc(-c2ccc(N(c3ccccc3)c3ccc(-c4ccccc4)cc3)cc2)cc1. The van der Waals surface area contributed by atoms with Gasteiger partial charge in [0.15, 0.2) is 0 Å². The summed E-state index contributed by atoms with van der Waals surface area (Å²) in [6.45, 7) is 4.46. The molecule has 0 spiro atoms. The van der Waals surface area contributed by atoms with Crippen LogP contribution in [-0.2, 0) is 0 Å². The van der Waals surface area contributed by atoms with Gasteiger partial charge in [-0.15, -0.1) is 0 Å². The fraction of sp³-hybridized carbons (Fsp3) is 0.0400. The molecule has 0 N–H and O–H groups in total. The summed E-state index contributed by atoms with van der Waals surface area (Å²) in [5.41, 5.74) is 16.9. The predicted octanol–water partition coefficient (Wildman–Crippen LogP) is 13.9. The molecule has 0 bridgehead atoms. The number of hydrogen-bond acceptors (Lipinski definition) is 1. The first kappa shape index (κ1) is 31.3. The van der Waals surface area contributed by atoms with Gasteiger partial charge >= 0.3 is 0 Å². The molecular formula is C50H38N2. The lowest BCUT2D eigenvalue weighted by Crippen LogP contribution is -2.09. The summed E-state index contributed by atoms with van der Waals surface area (Å²) in [6.07, 6.45) is 0. The van der Waals surface area contributed by atoms with Crippen molar-refractivity contribution >= 4 is 38.9 Å². The van der Waals surface area contributed by atoms with Gasteiger partial charge < -0.3 is 9.47 Å². The second kappa shape index (κ2) is 13.2. The Bertz CT molecular complexity index is 2600. The van der Waals surface area contributed by atoms with Crippen molar-refractivity contribution in [2.24, 2.45) is 0 Å². The monoisotopic (exact) mass is 666 g/mol. The van der Waals surface area contributed by atoms with Gasteiger partial charge in [-0.2, -0.15) is 0 Å². The van der Waals surface area contributed by atoms with Crippen molar-refractivity contribution < 1.29 is 0 Å². The molecule has 8 aromatic carbocycles. The Morgan fingerprint density at radius 3 is 1.29 bits per heavy atom. The van der Waals surface area contributed by atoms with Crippen molar-refractivity contribution in [3.05, 3.63) is 205 Å². The molecule has 0 atom stereocenters. The number of fused-ring (bicyclic) bond motifs is 3. The second-order valence-electron chi connectivity index (χ2n) is 13.5. The zero-order valence-electron chi connectivity index (χ0n) is 29.4. The van der Waals surface area contributed by atoms with Gasteiger partial charge in [-0.3, -0.25) is 0 Å². The number of anilines is 3. The van der Waals surface area contributed by atoms with Gasteiger partial charge in [0.25, 0.3) is 0 Å². The summed E-state index contributed by atoms with van der Waals surface area (Å²) in [6, 6.07) is 70.0. The first-order valence-electron chi connectivity index (χ1n) is 17.9. The number of hydrogen-bond donors (Lipinski definition) is 0. The molecule has 2 heteroatoms. The molecule has 0 aliphatic carbocycles. The fourth-order valence-corrected chi connectivity index (χ4v) is 7.64. The molecule has 0 aliphatic rings. The predicted molar refractivity (Wildman–Crippen MR) is 221 cm³/mol. The molecule has 0 radical (unpaired) electrons. The van der Waals surface area contributed by atoms with Crippen molar-refractivity contribution in [1.82, 2.24) is 4.57 Å². The van der Waals surface area contributed by atoms with Crippen LogP contribution in [0.2, 0.25) is 0 Å². The molecule has 9 aromatic rings. The Hall–Kier alpha value is -6.64. The van der Waals surface area contributed by atoms with Crippen molar-refractivity contribution in [1.29, 1.82) is 0 Å². The second-order valence-corrected chi connectivity index (χ2v) is 13.5. The average Bonchev–Trinajstić information content (AvgIpc) is 3.54. The highest BCUT2D eigenvalue weighted by molar-refractivity contribution is 6.09. The van der Waals surface area contributed by atoms with Gasteiger partial charge in [0, 0.05) is 33.5 Å². The summed E-state index contributed by atoms with van der Waals surface area (Å²) >= 11 is 0. The minimum absolute atomic E-state index is 1.12. The lowest BCUT2D eigenvalue weighted by molar-refractivity contribution is 1.14. The molecule has 52 heavy (non-hydrogen) atoms. The van der Waals surface area contributed by atoms with Gasteiger partial charge in [-0.25, -0.2) is 0 Å². The number of aryl methyl sites for hydroxylation is 2. The molecule has 0 saturated heterocycles. The van der Waals surface area contributed by atoms with E-state index in [1.807, 2.05) is 0 Å². The maximum Gasteiger partial charge on any atom is 0.0541 e. The first-order chi connectivity index (χ1) is 25.6. The topological polar surface area (TPSA) is 8.17 Å². The Morgan fingerprint density at radius 2 is 0.750 bits per heavy atom. The van der Waals surface area contributed by atoms with Crippen LogP contribution < -0.4 is 4.90 Å². The third-order valence-corrected chi connectivity index (χ3v) is 10.3. The highest BCUT2D eigenvalue weighted by atomic mass is 15.1. The Balaban J connectivity index is 1.01. The lowest BCUT2D eigenvalue weighted by atomic mass is 9.95. The number of nitrogens with zero attached hydrogens (tertiary/aromatic N) is 2. The minimum atomic E-state index is 1.12. The van der Waals surface area contributed by atoms with Gasteiger partial charge in [-0.05, 0) is 119 Å².